The van der Waals surface area contributed by atoms with Gasteiger partial charge in [0.15, 0.2) is 5.60 Å². The van der Waals surface area contributed by atoms with Crippen molar-refractivity contribution in [2.24, 2.45) is 5.92 Å². The highest BCUT2D eigenvalue weighted by Crippen LogP contribution is 2.31. The van der Waals surface area contributed by atoms with E-state index in [1.807, 2.05) is 0 Å². The number of nitrogens with zero attached hydrogens (tertiary/aromatic N) is 3. The van der Waals surface area contributed by atoms with Gasteiger partial charge in [-0.25, -0.2) is 14.1 Å². The third-order valence-electron chi connectivity index (χ3n) is 5.63. The van der Waals surface area contributed by atoms with Gasteiger partial charge in [0.2, 0.25) is 17.6 Å². The van der Waals surface area contributed by atoms with Crippen LogP contribution < -0.4 is 5.32 Å². The molecule has 1 N–H and O–H groups in total. The van der Waals surface area contributed by atoms with Crippen LogP contribution in [0.2, 0.25) is 0 Å². The molecule has 1 fully saturated rings. The average molecular weight is 474 g/mol. The SMILES string of the molecule is CC(C)[C@@H](NC(=O)CN1C(=O)OC(C)(C)C1=O)C(=O)c1nnc(C(C)(C)c2ccc(F)cc2)o1. The van der Waals surface area contributed by atoms with Gasteiger partial charge in [-0.2, -0.15) is 0 Å². The van der Waals surface area contributed by atoms with Crippen LogP contribution in [-0.4, -0.2) is 57.0 Å². The summed E-state index contributed by atoms with van der Waals surface area (Å²) >= 11 is 0. The second kappa shape index (κ2) is 8.96. The Morgan fingerprint density at radius 2 is 1.76 bits per heavy atom. The first-order chi connectivity index (χ1) is 15.7. The summed E-state index contributed by atoms with van der Waals surface area (Å²) in [6.07, 6.45) is -0.929. The molecule has 0 saturated carbocycles. The van der Waals surface area contributed by atoms with Crippen LogP contribution in [0.1, 0.15) is 63.7 Å². The van der Waals surface area contributed by atoms with Crippen molar-refractivity contribution < 1.29 is 32.7 Å². The zero-order valence-electron chi connectivity index (χ0n) is 19.8. The summed E-state index contributed by atoms with van der Waals surface area (Å²) < 4.78 is 23.9. The molecule has 2 heterocycles. The third kappa shape index (κ3) is 4.82. The Kier molecular flexibility index (Phi) is 6.59. The van der Waals surface area contributed by atoms with Crippen LogP contribution in [-0.2, 0) is 19.7 Å². The quantitative estimate of drug-likeness (QED) is 0.578. The van der Waals surface area contributed by atoms with Crippen LogP contribution in [0.3, 0.4) is 0 Å². The number of Topliss-reactive ketones (excluding diaryl/α,β-unsaturated/α-hetero) is 1. The molecule has 1 atom stereocenters. The van der Waals surface area contributed by atoms with Crippen LogP contribution in [0.5, 0.6) is 0 Å². The fraction of sp³-hybridized carbons (Fsp3) is 0.478. The number of benzene rings is 1. The first-order valence-electron chi connectivity index (χ1n) is 10.7. The Morgan fingerprint density at radius 1 is 1.15 bits per heavy atom. The van der Waals surface area contributed by atoms with Crippen molar-refractivity contribution >= 4 is 23.7 Å². The molecular weight excluding hydrogens is 447 g/mol. The topological polar surface area (TPSA) is 132 Å². The molecule has 0 unspecified atom stereocenters. The number of cyclic esters (lactones) is 1. The normalized spacial score (nSPS) is 16.5. The second-order valence-electron chi connectivity index (χ2n) is 9.47. The zero-order valence-corrected chi connectivity index (χ0v) is 19.8. The van der Waals surface area contributed by atoms with Gasteiger partial charge in [-0.1, -0.05) is 26.0 Å². The number of hydrogen-bond donors (Lipinski definition) is 1. The number of imide groups is 1. The number of ketones is 1. The molecule has 0 spiro atoms. The lowest BCUT2D eigenvalue weighted by molar-refractivity contribution is -0.137. The summed E-state index contributed by atoms with van der Waals surface area (Å²) in [6, 6.07) is 4.75. The molecule has 0 aliphatic carbocycles. The van der Waals surface area contributed by atoms with E-state index < -0.39 is 47.3 Å². The standard InChI is InChI=1S/C23H27FN4O6/c1-12(2)16(25-15(29)11-28-20(31)23(5,6)34-21(28)32)17(30)18-26-27-19(33-18)22(3,4)13-7-9-14(24)10-8-13/h7-10,12,16H,11H2,1-6H3,(H,25,29)/t16-/m1/s1. The van der Waals surface area contributed by atoms with Crippen LogP contribution in [0.25, 0.3) is 0 Å². The number of hydrogen-bond acceptors (Lipinski definition) is 8. The minimum Gasteiger partial charge on any atom is -0.433 e. The highest BCUT2D eigenvalue weighted by Gasteiger charge is 2.48. The Labute approximate surface area is 195 Å². The number of halogens is 1. The number of amides is 3. The van der Waals surface area contributed by atoms with E-state index in [9.17, 15) is 23.6 Å². The third-order valence-corrected chi connectivity index (χ3v) is 5.63. The minimum absolute atomic E-state index is 0.143. The molecule has 34 heavy (non-hydrogen) atoms. The van der Waals surface area contributed by atoms with Crippen molar-refractivity contribution in [1.29, 1.82) is 0 Å². The summed E-state index contributed by atoms with van der Waals surface area (Å²) in [7, 11) is 0. The van der Waals surface area contributed by atoms with E-state index in [1.54, 1.807) is 39.8 Å². The molecule has 10 nitrogen and oxygen atoms in total. The predicted octanol–water partition coefficient (Wildman–Crippen LogP) is 2.62. The number of aromatic nitrogens is 2. The van der Waals surface area contributed by atoms with E-state index >= 15 is 0 Å². The van der Waals surface area contributed by atoms with Crippen molar-refractivity contribution in [2.75, 3.05) is 6.54 Å². The molecule has 3 rings (SSSR count). The molecule has 182 valence electrons. The lowest BCUT2D eigenvalue weighted by Crippen LogP contribution is -2.49. The molecule has 2 aromatic rings. The van der Waals surface area contributed by atoms with Crippen LogP contribution in [0.15, 0.2) is 28.7 Å². The largest absolute Gasteiger partial charge is 0.433 e. The van der Waals surface area contributed by atoms with Crippen molar-refractivity contribution in [2.45, 2.75) is 58.6 Å². The van der Waals surface area contributed by atoms with Crippen molar-refractivity contribution in [1.82, 2.24) is 20.4 Å². The van der Waals surface area contributed by atoms with Gasteiger partial charge in [-0.05, 0) is 51.3 Å². The van der Waals surface area contributed by atoms with Crippen molar-refractivity contribution in [3.05, 3.63) is 47.4 Å². The Hall–Kier alpha value is -3.63. The van der Waals surface area contributed by atoms with Gasteiger partial charge in [-0.15, -0.1) is 10.2 Å². The second-order valence-corrected chi connectivity index (χ2v) is 9.47. The van der Waals surface area contributed by atoms with Gasteiger partial charge in [0.1, 0.15) is 12.4 Å². The number of carbonyl (C=O) groups excluding carboxylic acids is 4. The van der Waals surface area contributed by atoms with Gasteiger partial charge in [0.25, 0.3) is 11.8 Å². The van der Waals surface area contributed by atoms with Crippen LogP contribution in [0.4, 0.5) is 9.18 Å². The van der Waals surface area contributed by atoms with E-state index in [0.29, 0.717) is 10.5 Å². The summed E-state index contributed by atoms with van der Waals surface area (Å²) in [6.45, 7) is 9.25. The fourth-order valence-corrected chi connectivity index (χ4v) is 3.46. The Morgan fingerprint density at radius 3 is 2.29 bits per heavy atom. The maximum absolute atomic E-state index is 13.3. The Bertz CT molecular complexity index is 1120. The van der Waals surface area contributed by atoms with Gasteiger partial charge < -0.3 is 14.5 Å². The molecule has 1 aliphatic heterocycles. The van der Waals surface area contributed by atoms with Crippen LogP contribution in [0, 0.1) is 11.7 Å². The molecule has 1 aliphatic rings. The minimum atomic E-state index is -1.36. The summed E-state index contributed by atoms with van der Waals surface area (Å²) in [5.41, 5.74) is -1.46. The van der Waals surface area contributed by atoms with Gasteiger partial charge in [0.05, 0.1) is 11.5 Å². The number of rotatable bonds is 8. The first kappa shape index (κ1) is 25.0. The van der Waals surface area contributed by atoms with E-state index in [0.717, 1.165) is 0 Å². The molecular formula is C23H27FN4O6. The Balaban J connectivity index is 1.75. The highest BCUT2D eigenvalue weighted by atomic mass is 19.1. The average Bonchev–Trinajstić information content (AvgIpc) is 3.32. The lowest BCUT2D eigenvalue weighted by atomic mass is 9.84. The molecule has 3 amide bonds. The molecule has 1 aromatic carbocycles. The van der Waals surface area contributed by atoms with E-state index in [-0.39, 0.29) is 23.5 Å². The highest BCUT2D eigenvalue weighted by molar-refractivity contribution is 6.05. The number of ether oxygens (including phenoxy) is 1. The van der Waals surface area contributed by atoms with Gasteiger partial charge >= 0.3 is 6.09 Å². The summed E-state index contributed by atoms with van der Waals surface area (Å²) in [4.78, 5) is 50.5. The van der Waals surface area contributed by atoms with Gasteiger partial charge in [0, 0.05) is 0 Å². The number of carbonyl (C=O) groups is 4. The predicted molar refractivity (Wildman–Crippen MR) is 116 cm³/mol. The van der Waals surface area contributed by atoms with Gasteiger partial charge in [-0.3, -0.25) is 14.4 Å². The molecule has 0 bridgehead atoms. The van der Waals surface area contributed by atoms with Crippen molar-refractivity contribution in [3.8, 4) is 0 Å². The van der Waals surface area contributed by atoms with E-state index in [4.69, 9.17) is 9.15 Å². The number of nitrogens with one attached hydrogen (secondary N) is 1. The zero-order chi connectivity index (χ0) is 25.4. The lowest BCUT2D eigenvalue weighted by Gasteiger charge is -2.22. The summed E-state index contributed by atoms with van der Waals surface area (Å²) in [5.74, 6) is -2.90. The molecule has 1 aromatic heterocycles. The fourth-order valence-electron chi connectivity index (χ4n) is 3.46. The maximum atomic E-state index is 13.3. The maximum Gasteiger partial charge on any atom is 0.418 e. The smallest absolute Gasteiger partial charge is 0.418 e. The van der Waals surface area contributed by atoms with Crippen molar-refractivity contribution in [3.63, 3.8) is 0 Å². The summed E-state index contributed by atoms with van der Waals surface area (Å²) in [5, 5.41) is 10.4. The van der Waals surface area contributed by atoms with Crippen LogP contribution >= 0.6 is 0 Å². The molecule has 11 heteroatoms. The molecule has 1 saturated heterocycles. The van der Waals surface area contributed by atoms with E-state index in [1.165, 1.54) is 26.0 Å². The first-order valence-corrected chi connectivity index (χ1v) is 10.7. The molecule has 0 radical (unpaired) electrons. The monoisotopic (exact) mass is 474 g/mol. The van der Waals surface area contributed by atoms with E-state index in [2.05, 4.69) is 15.5 Å².